The lowest BCUT2D eigenvalue weighted by molar-refractivity contribution is 0.0358. The summed E-state index contributed by atoms with van der Waals surface area (Å²) in [5.74, 6) is 1.84. The fraction of sp³-hybridized carbons (Fsp3) is 0.296. The summed E-state index contributed by atoms with van der Waals surface area (Å²) < 4.78 is 17.2. The Hall–Kier alpha value is -3.66. The first kappa shape index (κ1) is 25.0. The molecule has 2 aromatic carbocycles. The average molecular weight is 521 g/mol. The van der Waals surface area contributed by atoms with Gasteiger partial charge in [0.2, 0.25) is 0 Å². The number of fused-ring (bicyclic) bond motifs is 1. The number of halogens is 1. The number of anilines is 3. The molecule has 1 aliphatic heterocycles. The van der Waals surface area contributed by atoms with E-state index >= 15 is 0 Å². The fourth-order valence-corrected chi connectivity index (χ4v) is 4.33. The van der Waals surface area contributed by atoms with Crippen molar-refractivity contribution in [1.82, 2.24) is 19.9 Å². The van der Waals surface area contributed by atoms with Crippen LogP contribution in [0.4, 0.5) is 17.2 Å². The van der Waals surface area contributed by atoms with Crippen molar-refractivity contribution in [2.24, 2.45) is 0 Å². The van der Waals surface area contributed by atoms with Gasteiger partial charge in [-0.1, -0.05) is 11.6 Å². The number of morpholine rings is 1. The van der Waals surface area contributed by atoms with Gasteiger partial charge in [0.25, 0.3) is 0 Å². The smallest absolute Gasteiger partial charge is 0.144 e. The summed E-state index contributed by atoms with van der Waals surface area (Å²) >= 11 is 6.48. The number of hydrogen-bond acceptors (Lipinski definition) is 9. The van der Waals surface area contributed by atoms with E-state index in [1.54, 1.807) is 18.5 Å². The summed E-state index contributed by atoms with van der Waals surface area (Å²) in [7, 11) is 0. The monoisotopic (exact) mass is 520 g/mol. The van der Waals surface area contributed by atoms with E-state index in [4.69, 9.17) is 31.5 Å². The number of pyridine rings is 1. The molecule has 0 atom stereocenters. The Labute approximate surface area is 220 Å². The molecule has 0 saturated carbocycles. The molecule has 1 saturated heterocycles. The molecule has 37 heavy (non-hydrogen) atoms. The van der Waals surface area contributed by atoms with Gasteiger partial charge in [-0.25, -0.2) is 9.97 Å². The topological polar surface area (TPSA) is 108 Å². The number of rotatable bonds is 10. The molecule has 1 aliphatic rings. The van der Waals surface area contributed by atoms with Crippen molar-refractivity contribution >= 4 is 39.7 Å². The first-order chi connectivity index (χ1) is 18.2. The maximum atomic E-state index is 6.48. The highest BCUT2D eigenvalue weighted by Gasteiger charge is 2.12. The minimum atomic E-state index is 0.405. The van der Waals surface area contributed by atoms with Crippen LogP contribution in [0.2, 0.25) is 5.02 Å². The highest BCUT2D eigenvalue weighted by molar-refractivity contribution is 6.32. The molecule has 2 aromatic heterocycles. The van der Waals surface area contributed by atoms with E-state index in [0.29, 0.717) is 41.2 Å². The summed E-state index contributed by atoms with van der Waals surface area (Å²) in [5, 5.41) is 4.59. The second-order valence-corrected chi connectivity index (χ2v) is 9.11. The van der Waals surface area contributed by atoms with Crippen LogP contribution < -0.4 is 20.5 Å². The Morgan fingerprint density at radius 2 is 1.84 bits per heavy atom. The number of hydrogen-bond donors (Lipinski definition) is 2. The van der Waals surface area contributed by atoms with E-state index in [9.17, 15) is 0 Å². The summed E-state index contributed by atoms with van der Waals surface area (Å²) in [5.41, 5.74) is 9.37. The molecule has 0 unspecified atom stereocenters. The van der Waals surface area contributed by atoms with Gasteiger partial charge >= 0.3 is 0 Å². The van der Waals surface area contributed by atoms with Crippen LogP contribution in [-0.4, -0.2) is 59.3 Å². The Kier molecular flexibility index (Phi) is 8.15. The van der Waals surface area contributed by atoms with Crippen LogP contribution in [0.25, 0.3) is 10.9 Å². The van der Waals surface area contributed by atoms with E-state index in [1.807, 2.05) is 36.4 Å². The lowest BCUT2D eigenvalue weighted by Gasteiger charge is -2.26. The fourth-order valence-electron chi connectivity index (χ4n) is 4.09. The van der Waals surface area contributed by atoms with Crippen LogP contribution in [0, 0.1) is 0 Å². The van der Waals surface area contributed by atoms with Gasteiger partial charge in [0.15, 0.2) is 0 Å². The number of benzene rings is 2. The highest BCUT2D eigenvalue weighted by atomic mass is 35.5. The predicted octanol–water partition coefficient (Wildman–Crippen LogP) is 4.68. The van der Waals surface area contributed by atoms with Crippen LogP contribution in [0.3, 0.4) is 0 Å². The van der Waals surface area contributed by atoms with Gasteiger partial charge in [0.05, 0.1) is 36.0 Å². The SMILES string of the molecule is Nc1cc2c(Nc3ccc(OCc4ccncc4)c(Cl)c3)ncnc2cc1OCCCN1CCOCC1. The molecular formula is C27H29ClN6O3. The van der Waals surface area contributed by atoms with Crippen molar-refractivity contribution in [3.05, 3.63) is 71.8 Å². The third kappa shape index (κ3) is 6.56. The van der Waals surface area contributed by atoms with E-state index < -0.39 is 0 Å². The second-order valence-electron chi connectivity index (χ2n) is 8.70. The molecular weight excluding hydrogens is 492 g/mol. The summed E-state index contributed by atoms with van der Waals surface area (Å²) in [6, 6.07) is 13.0. The molecule has 0 aliphatic carbocycles. The Balaban J connectivity index is 1.23. The standard InChI is InChI=1S/C27H29ClN6O3/c28-22-14-20(2-3-25(22)37-17-19-4-6-30-7-5-19)33-27-21-15-23(29)26(16-24(21)31-18-32-27)36-11-1-8-34-9-12-35-13-10-34/h2-7,14-16,18H,1,8-13,17,29H2,(H,31,32,33). The average Bonchev–Trinajstić information content (AvgIpc) is 2.92. The van der Waals surface area contributed by atoms with E-state index in [0.717, 1.165) is 61.4 Å². The molecule has 10 heteroatoms. The lowest BCUT2D eigenvalue weighted by atomic mass is 10.2. The first-order valence-electron chi connectivity index (χ1n) is 12.2. The minimum Gasteiger partial charge on any atom is -0.491 e. The van der Waals surface area contributed by atoms with Gasteiger partial charge in [0.1, 0.15) is 30.3 Å². The predicted molar refractivity (Wildman–Crippen MR) is 145 cm³/mol. The van der Waals surface area contributed by atoms with Gasteiger partial charge in [-0.3, -0.25) is 9.88 Å². The zero-order valence-corrected chi connectivity index (χ0v) is 21.2. The van der Waals surface area contributed by atoms with Gasteiger partial charge in [-0.2, -0.15) is 0 Å². The molecule has 0 radical (unpaired) electrons. The van der Waals surface area contributed by atoms with Gasteiger partial charge in [0, 0.05) is 49.2 Å². The molecule has 0 spiro atoms. The second kappa shape index (κ2) is 12.1. The molecule has 4 aromatic rings. The zero-order valence-electron chi connectivity index (χ0n) is 20.4. The van der Waals surface area contributed by atoms with Gasteiger partial charge in [-0.05, 0) is 48.4 Å². The minimum absolute atomic E-state index is 0.405. The number of nitrogens with two attached hydrogens (primary N) is 1. The summed E-state index contributed by atoms with van der Waals surface area (Å²) in [6.07, 6.45) is 5.88. The molecule has 9 nitrogen and oxygen atoms in total. The van der Waals surface area contributed by atoms with Crippen LogP contribution in [0.5, 0.6) is 11.5 Å². The third-order valence-electron chi connectivity index (χ3n) is 6.09. The van der Waals surface area contributed by atoms with Crippen molar-refractivity contribution in [1.29, 1.82) is 0 Å². The molecule has 3 N–H and O–H groups in total. The zero-order chi connectivity index (χ0) is 25.5. The number of nitrogens with zero attached hydrogens (tertiary/aromatic N) is 4. The largest absolute Gasteiger partial charge is 0.491 e. The lowest BCUT2D eigenvalue weighted by Crippen LogP contribution is -2.37. The summed E-state index contributed by atoms with van der Waals surface area (Å²) in [6.45, 7) is 5.49. The van der Waals surface area contributed by atoms with Crippen molar-refractivity contribution in [2.75, 3.05) is 50.5 Å². The number of nitrogens with one attached hydrogen (secondary N) is 1. The van der Waals surface area contributed by atoms with Crippen molar-refractivity contribution < 1.29 is 14.2 Å². The maximum Gasteiger partial charge on any atom is 0.144 e. The van der Waals surface area contributed by atoms with Crippen molar-refractivity contribution in [3.63, 3.8) is 0 Å². The highest BCUT2D eigenvalue weighted by Crippen LogP contribution is 2.33. The van der Waals surface area contributed by atoms with Gasteiger partial charge < -0.3 is 25.3 Å². The van der Waals surface area contributed by atoms with Gasteiger partial charge in [-0.15, -0.1) is 0 Å². The summed E-state index contributed by atoms with van der Waals surface area (Å²) in [4.78, 5) is 15.2. The molecule has 1 fully saturated rings. The Morgan fingerprint density at radius 3 is 2.65 bits per heavy atom. The van der Waals surface area contributed by atoms with E-state index in [1.165, 1.54) is 6.33 Å². The van der Waals surface area contributed by atoms with Crippen molar-refractivity contribution in [2.45, 2.75) is 13.0 Å². The molecule has 0 bridgehead atoms. The molecule has 0 amide bonds. The van der Waals surface area contributed by atoms with Crippen LogP contribution in [-0.2, 0) is 11.3 Å². The quantitative estimate of drug-likeness (QED) is 0.227. The van der Waals surface area contributed by atoms with E-state index in [-0.39, 0.29) is 0 Å². The Bertz CT molecular complexity index is 1330. The molecule has 5 rings (SSSR count). The van der Waals surface area contributed by atoms with E-state index in [2.05, 4.69) is 25.2 Å². The molecule has 3 heterocycles. The first-order valence-corrected chi connectivity index (χ1v) is 12.6. The number of aromatic nitrogens is 3. The third-order valence-corrected chi connectivity index (χ3v) is 6.38. The van der Waals surface area contributed by atoms with Crippen molar-refractivity contribution in [3.8, 4) is 11.5 Å². The molecule has 192 valence electrons. The normalized spacial score (nSPS) is 14.0. The van der Waals surface area contributed by atoms with Crippen LogP contribution in [0.1, 0.15) is 12.0 Å². The van der Waals surface area contributed by atoms with Crippen LogP contribution in [0.15, 0.2) is 61.2 Å². The Morgan fingerprint density at radius 1 is 1.00 bits per heavy atom. The maximum absolute atomic E-state index is 6.48. The number of nitrogen functional groups attached to an aromatic ring is 1. The van der Waals surface area contributed by atoms with Crippen LogP contribution >= 0.6 is 11.6 Å². The number of ether oxygens (including phenoxy) is 3.